The van der Waals surface area contributed by atoms with E-state index in [9.17, 15) is 4.79 Å². The largest absolute Gasteiger partial charge is 0.495 e. The molecule has 2 aromatic heterocycles. The number of carbonyl (C=O) groups excluding carboxylic acids is 1. The molecule has 2 rings (SSSR count). The van der Waals surface area contributed by atoms with Crippen LogP contribution in [-0.4, -0.2) is 18.4 Å². The topological polar surface area (TPSA) is 52.3 Å². The van der Waals surface area contributed by atoms with Crippen LogP contribution in [0.15, 0.2) is 34.9 Å². The van der Waals surface area contributed by atoms with Gasteiger partial charge in [0.1, 0.15) is 11.4 Å². The lowest BCUT2D eigenvalue weighted by Gasteiger charge is -1.99. The van der Waals surface area contributed by atoms with Gasteiger partial charge in [-0.15, -0.1) is 0 Å². The second kappa shape index (κ2) is 3.96. The van der Waals surface area contributed by atoms with E-state index in [0.29, 0.717) is 29.3 Å². The summed E-state index contributed by atoms with van der Waals surface area (Å²) in [4.78, 5) is 14.6. The first-order chi connectivity index (χ1) is 7.33. The minimum absolute atomic E-state index is 0.294. The van der Waals surface area contributed by atoms with Gasteiger partial charge in [0.25, 0.3) is 0 Å². The van der Waals surface area contributed by atoms with Crippen molar-refractivity contribution in [3.8, 4) is 17.2 Å². The summed E-state index contributed by atoms with van der Waals surface area (Å²) in [5.41, 5.74) is 0.670. The molecule has 0 amide bonds. The van der Waals surface area contributed by atoms with Gasteiger partial charge in [0.05, 0.1) is 13.3 Å². The van der Waals surface area contributed by atoms with Crippen LogP contribution in [0.25, 0.3) is 11.5 Å². The van der Waals surface area contributed by atoms with Gasteiger partial charge in [-0.3, -0.25) is 4.79 Å². The first-order valence-corrected chi connectivity index (χ1v) is 4.39. The molecule has 0 aromatic carbocycles. The molecule has 4 nitrogen and oxygen atoms in total. The number of hydrogen-bond acceptors (Lipinski definition) is 4. The van der Waals surface area contributed by atoms with Crippen LogP contribution in [0.4, 0.5) is 0 Å². The number of pyridine rings is 1. The van der Waals surface area contributed by atoms with Gasteiger partial charge in [0.2, 0.25) is 0 Å². The zero-order valence-electron chi connectivity index (χ0n) is 8.14. The van der Waals surface area contributed by atoms with Crippen molar-refractivity contribution < 1.29 is 13.9 Å². The van der Waals surface area contributed by atoms with Crippen LogP contribution in [0, 0.1) is 0 Å². The molecule has 15 heavy (non-hydrogen) atoms. The number of methoxy groups -OCH3 is 1. The molecule has 0 saturated carbocycles. The van der Waals surface area contributed by atoms with Crippen molar-refractivity contribution in [2.24, 2.45) is 0 Å². The van der Waals surface area contributed by atoms with Gasteiger partial charge in [-0.1, -0.05) is 0 Å². The fourth-order valence-corrected chi connectivity index (χ4v) is 1.20. The number of rotatable bonds is 3. The highest BCUT2D eigenvalue weighted by Crippen LogP contribution is 2.21. The zero-order chi connectivity index (χ0) is 10.7. The molecular formula is C11H9NO3. The van der Waals surface area contributed by atoms with Gasteiger partial charge in [-0.2, -0.15) is 0 Å². The van der Waals surface area contributed by atoms with Gasteiger partial charge < -0.3 is 9.15 Å². The number of aromatic nitrogens is 1. The van der Waals surface area contributed by atoms with Crippen molar-refractivity contribution >= 4 is 6.29 Å². The molecule has 2 heterocycles. The average Bonchev–Trinajstić information content (AvgIpc) is 2.78. The molecule has 0 saturated heterocycles. The average molecular weight is 203 g/mol. The fourth-order valence-electron chi connectivity index (χ4n) is 1.20. The van der Waals surface area contributed by atoms with Gasteiger partial charge >= 0.3 is 0 Å². The number of furan rings is 1. The Bertz CT molecular complexity index is 459. The molecule has 76 valence electrons. The molecule has 0 radical (unpaired) electrons. The van der Waals surface area contributed by atoms with Crippen molar-refractivity contribution in [2.75, 3.05) is 7.11 Å². The normalized spacial score (nSPS) is 9.93. The molecular weight excluding hydrogens is 194 g/mol. The highest BCUT2D eigenvalue weighted by Gasteiger charge is 2.05. The van der Waals surface area contributed by atoms with E-state index in [0.717, 1.165) is 0 Å². The maximum Gasteiger partial charge on any atom is 0.185 e. The SMILES string of the molecule is COc1ccc(-c2ccc(C=O)o2)nc1. The Balaban J connectivity index is 2.32. The lowest BCUT2D eigenvalue weighted by Crippen LogP contribution is -1.85. The van der Waals surface area contributed by atoms with E-state index in [1.807, 2.05) is 0 Å². The molecule has 0 aliphatic heterocycles. The van der Waals surface area contributed by atoms with E-state index in [-0.39, 0.29) is 0 Å². The van der Waals surface area contributed by atoms with Crippen molar-refractivity contribution in [1.82, 2.24) is 4.98 Å². The minimum atomic E-state index is 0.294. The van der Waals surface area contributed by atoms with Crippen LogP contribution in [0.3, 0.4) is 0 Å². The molecule has 0 unspecified atom stereocenters. The summed E-state index contributed by atoms with van der Waals surface area (Å²) in [6.07, 6.45) is 2.26. The van der Waals surface area contributed by atoms with Gasteiger partial charge in [-0.05, 0) is 24.3 Å². The van der Waals surface area contributed by atoms with Crippen LogP contribution in [0.5, 0.6) is 5.75 Å². The number of nitrogens with zero attached hydrogens (tertiary/aromatic N) is 1. The molecule has 0 fully saturated rings. The van der Waals surface area contributed by atoms with Crippen molar-refractivity contribution in [3.63, 3.8) is 0 Å². The summed E-state index contributed by atoms with van der Waals surface area (Å²) < 4.78 is 10.2. The maximum atomic E-state index is 10.4. The Morgan fingerprint density at radius 2 is 2.20 bits per heavy atom. The molecule has 0 aliphatic carbocycles. The Morgan fingerprint density at radius 3 is 2.73 bits per heavy atom. The first-order valence-electron chi connectivity index (χ1n) is 4.39. The summed E-state index contributed by atoms with van der Waals surface area (Å²) in [6.45, 7) is 0. The third kappa shape index (κ3) is 1.88. The van der Waals surface area contributed by atoms with E-state index in [4.69, 9.17) is 9.15 Å². The van der Waals surface area contributed by atoms with Crippen LogP contribution in [0.2, 0.25) is 0 Å². The Labute approximate surface area is 86.5 Å². The smallest absolute Gasteiger partial charge is 0.185 e. The van der Waals surface area contributed by atoms with E-state index in [1.54, 1.807) is 37.6 Å². The number of aldehydes is 1. The molecule has 0 bridgehead atoms. The third-order valence-corrected chi connectivity index (χ3v) is 1.97. The summed E-state index contributed by atoms with van der Waals surface area (Å²) in [5.74, 6) is 1.54. The van der Waals surface area contributed by atoms with Crippen molar-refractivity contribution in [3.05, 3.63) is 36.2 Å². The highest BCUT2D eigenvalue weighted by molar-refractivity contribution is 5.72. The number of hydrogen-bond donors (Lipinski definition) is 0. The third-order valence-electron chi connectivity index (χ3n) is 1.97. The van der Waals surface area contributed by atoms with E-state index >= 15 is 0 Å². The molecule has 0 N–H and O–H groups in total. The second-order valence-corrected chi connectivity index (χ2v) is 2.90. The van der Waals surface area contributed by atoms with Crippen LogP contribution in [-0.2, 0) is 0 Å². The Hall–Kier alpha value is -2.10. The zero-order valence-corrected chi connectivity index (χ0v) is 8.14. The van der Waals surface area contributed by atoms with Gasteiger partial charge in [0.15, 0.2) is 17.8 Å². The molecule has 0 spiro atoms. The quantitative estimate of drug-likeness (QED) is 0.717. The predicted octanol–water partition coefficient (Wildman–Crippen LogP) is 2.16. The van der Waals surface area contributed by atoms with Crippen molar-refractivity contribution in [2.45, 2.75) is 0 Å². The Morgan fingerprint density at radius 1 is 1.33 bits per heavy atom. The lowest BCUT2D eigenvalue weighted by atomic mass is 10.3. The highest BCUT2D eigenvalue weighted by atomic mass is 16.5. The Kier molecular flexibility index (Phi) is 2.49. The second-order valence-electron chi connectivity index (χ2n) is 2.90. The fraction of sp³-hybridized carbons (Fsp3) is 0.0909. The standard InChI is InChI=1S/C11H9NO3/c1-14-8-2-4-10(12-6-8)11-5-3-9(7-13)15-11/h2-7H,1H3. The number of carbonyl (C=O) groups is 1. The minimum Gasteiger partial charge on any atom is -0.495 e. The van der Waals surface area contributed by atoms with Gasteiger partial charge in [-0.25, -0.2) is 4.98 Å². The van der Waals surface area contributed by atoms with Crippen LogP contribution in [0.1, 0.15) is 10.6 Å². The van der Waals surface area contributed by atoms with Crippen LogP contribution >= 0.6 is 0 Å². The summed E-state index contributed by atoms with van der Waals surface area (Å²) >= 11 is 0. The number of ether oxygens (including phenoxy) is 1. The molecule has 0 aliphatic rings. The van der Waals surface area contributed by atoms with E-state index in [2.05, 4.69) is 4.98 Å². The van der Waals surface area contributed by atoms with Crippen molar-refractivity contribution in [1.29, 1.82) is 0 Å². The van der Waals surface area contributed by atoms with E-state index < -0.39 is 0 Å². The molecule has 0 atom stereocenters. The summed E-state index contributed by atoms with van der Waals surface area (Å²) in [6, 6.07) is 6.87. The summed E-state index contributed by atoms with van der Waals surface area (Å²) in [5, 5.41) is 0. The van der Waals surface area contributed by atoms with E-state index in [1.165, 1.54) is 0 Å². The van der Waals surface area contributed by atoms with Crippen LogP contribution < -0.4 is 4.74 Å². The maximum absolute atomic E-state index is 10.4. The molecule has 4 heteroatoms. The van der Waals surface area contributed by atoms with Gasteiger partial charge in [0, 0.05) is 0 Å². The predicted molar refractivity (Wildman–Crippen MR) is 53.9 cm³/mol. The molecule has 2 aromatic rings. The lowest BCUT2D eigenvalue weighted by molar-refractivity contribution is 0.110. The summed E-state index contributed by atoms with van der Waals surface area (Å²) in [7, 11) is 1.58. The monoisotopic (exact) mass is 203 g/mol. The first kappa shape index (κ1) is 9.45.